The molecule has 0 bridgehead atoms. The van der Waals surface area contributed by atoms with E-state index >= 15 is 0 Å². The zero-order valence-electron chi connectivity index (χ0n) is 9.81. The predicted molar refractivity (Wildman–Crippen MR) is 78.3 cm³/mol. The number of nitrogens with zero attached hydrogens (tertiary/aromatic N) is 1. The highest BCUT2D eigenvalue weighted by atomic mass is 35.5. The topological polar surface area (TPSA) is 22.1 Å². The van der Waals surface area contributed by atoms with Gasteiger partial charge < -0.3 is 4.74 Å². The van der Waals surface area contributed by atoms with Crippen LogP contribution in [0.2, 0.25) is 10.0 Å². The number of ether oxygens (including phenoxy) is 1. The number of halogens is 2. The minimum absolute atomic E-state index is 0.656. The average Bonchev–Trinajstić information content (AvgIpc) is 2.41. The summed E-state index contributed by atoms with van der Waals surface area (Å²) in [6.45, 7) is 0. The molecule has 3 aromatic rings. The van der Waals surface area contributed by atoms with Crippen LogP contribution in [0, 0.1) is 0 Å². The van der Waals surface area contributed by atoms with Gasteiger partial charge in [-0.1, -0.05) is 23.2 Å². The molecule has 2 nitrogen and oxygen atoms in total. The molecule has 0 N–H and O–H groups in total. The normalized spacial score (nSPS) is 10.6. The van der Waals surface area contributed by atoms with Gasteiger partial charge in [-0.25, -0.2) is 0 Å². The molecule has 4 heteroatoms. The van der Waals surface area contributed by atoms with Gasteiger partial charge in [-0.3, -0.25) is 4.98 Å². The standard InChI is InChI=1S/C15H9Cl2NO/c16-10-1-4-12(5-2-10)19-15-7-8-18-14-9-11(17)3-6-13(14)15/h1-9H. The van der Waals surface area contributed by atoms with Gasteiger partial charge in [-0.15, -0.1) is 0 Å². The van der Waals surface area contributed by atoms with E-state index in [4.69, 9.17) is 27.9 Å². The fourth-order valence-corrected chi connectivity index (χ4v) is 2.11. The lowest BCUT2D eigenvalue weighted by Crippen LogP contribution is -1.87. The van der Waals surface area contributed by atoms with E-state index in [9.17, 15) is 0 Å². The van der Waals surface area contributed by atoms with Crippen molar-refractivity contribution in [1.82, 2.24) is 4.98 Å². The van der Waals surface area contributed by atoms with Crippen LogP contribution in [0.4, 0.5) is 0 Å². The lowest BCUT2D eigenvalue weighted by molar-refractivity contribution is 0.488. The van der Waals surface area contributed by atoms with Crippen LogP contribution >= 0.6 is 23.2 Å². The van der Waals surface area contributed by atoms with E-state index in [0.29, 0.717) is 10.0 Å². The molecule has 3 rings (SSSR count). The summed E-state index contributed by atoms with van der Waals surface area (Å²) in [4.78, 5) is 4.27. The molecule has 2 aromatic carbocycles. The van der Waals surface area contributed by atoms with E-state index in [2.05, 4.69) is 4.98 Å². The van der Waals surface area contributed by atoms with E-state index in [1.54, 1.807) is 18.3 Å². The minimum atomic E-state index is 0.656. The maximum atomic E-state index is 5.95. The van der Waals surface area contributed by atoms with Crippen molar-refractivity contribution in [2.24, 2.45) is 0 Å². The molecule has 0 unspecified atom stereocenters. The molecule has 0 aliphatic rings. The first kappa shape index (κ1) is 12.3. The molecule has 0 saturated heterocycles. The molecule has 1 aromatic heterocycles. The Balaban J connectivity index is 2.03. The van der Waals surface area contributed by atoms with Crippen molar-refractivity contribution >= 4 is 34.1 Å². The van der Waals surface area contributed by atoms with Crippen LogP contribution in [-0.4, -0.2) is 4.98 Å². The molecule has 19 heavy (non-hydrogen) atoms. The monoisotopic (exact) mass is 289 g/mol. The fourth-order valence-electron chi connectivity index (χ4n) is 1.81. The van der Waals surface area contributed by atoms with Gasteiger partial charge in [-0.2, -0.15) is 0 Å². The first-order valence-electron chi connectivity index (χ1n) is 5.70. The summed E-state index contributed by atoms with van der Waals surface area (Å²) in [6.07, 6.45) is 1.70. The molecule has 94 valence electrons. The lowest BCUT2D eigenvalue weighted by Gasteiger charge is -2.08. The zero-order chi connectivity index (χ0) is 13.2. The molecule has 0 fully saturated rings. The van der Waals surface area contributed by atoms with Crippen LogP contribution < -0.4 is 4.74 Å². The molecule has 0 aliphatic heterocycles. The Bertz CT molecular complexity index is 726. The third-order valence-electron chi connectivity index (χ3n) is 2.71. The Morgan fingerprint density at radius 3 is 2.37 bits per heavy atom. The molecule has 0 radical (unpaired) electrons. The molecule has 1 heterocycles. The second-order valence-corrected chi connectivity index (χ2v) is 4.90. The Hall–Kier alpha value is -1.77. The average molecular weight is 290 g/mol. The highest BCUT2D eigenvalue weighted by Crippen LogP contribution is 2.30. The summed E-state index contributed by atoms with van der Waals surface area (Å²) in [6, 6.07) is 14.6. The number of aromatic nitrogens is 1. The van der Waals surface area contributed by atoms with Crippen molar-refractivity contribution in [3.05, 3.63) is 64.8 Å². The maximum absolute atomic E-state index is 5.95. The van der Waals surface area contributed by atoms with Gasteiger partial charge in [0.1, 0.15) is 11.5 Å². The first-order valence-corrected chi connectivity index (χ1v) is 6.46. The second-order valence-electron chi connectivity index (χ2n) is 4.03. The van der Waals surface area contributed by atoms with Crippen molar-refractivity contribution in [2.75, 3.05) is 0 Å². The number of hydrogen-bond acceptors (Lipinski definition) is 2. The van der Waals surface area contributed by atoms with Crippen molar-refractivity contribution in [2.45, 2.75) is 0 Å². The highest BCUT2D eigenvalue weighted by molar-refractivity contribution is 6.31. The zero-order valence-corrected chi connectivity index (χ0v) is 11.3. The van der Waals surface area contributed by atoms with Gasteiger partial charge in [0.15, 0.2) is 0 Å². The second kappa shape index (κ2) is 5.08. The summed E-state index contributed by atoms with van der Waals surface area (Å²) < 4.78 is 5.84. The molecular weight excluding hydrogens is 281 g/mol. The number of benzene rings is 2. The van der Waals surface area contributed by atoms with Crippen molar-refractivity contribution in [3.8, 4) is 11.5 Å². The summed E-state index contributed by atoms with van der Waals surface area (Å²) >= 11 is 11.8. The van der Waals surface area contributed by atoms with Gasteiger partial charge in [-0.05, 0) is 48.5 Å². The third-order valence-corrected chi connectivity index (χ3v) is 3.19. The van der Waals surface area contributed by atoms with Gasteiger partial charge >= 0.3 is 0 Å². The van der Waals surface area contributed by atoms with Crippen LogP contribution in [0.25, 0.3) is 10.9 Å². The van der Waals surface area contributed by atoms with Gasteiger partial charge in [0.05, 0.1) is 5.52 Å². The van der Waals surface area contributed by atoms with Crippen LogP contribution in [0.3, 0.4) is 0 Å². The molecule has 0 atom stereocenters. The maximum Gasteiger partial charge on any atom is 0.138 e. The van der Waals surface area contributed by atoms with E-state index in [-0.39, 0.29) is 0 Å². The van der Waals surface area contributed by atoms with E-state index in [1.165, 1.54) is 0 Å². The minimum Gasteiger partial charge on any atom is -0.457 e. The van der Waals surface area contributed by atoms with Crippen molar-refractivity contribution < 1.29 is 4.74 Å². The van der Waals surface area contributed by atoms with Gasteiger partial charge in [0.25, 0.3) is 0 Å². The molecule has 0 spiro atoms. The quantitative estimate of drug-likeness (QED) is 0.636. The highest BCUT2D eigenvalue weighted by Gasteiger charge is 2.05. The van der Waals surface area contributed by atoms with Gasteiger partial charge in [0.2, 0.25) is 0 Å². The fraction of sp³-hybridized carbons (Fsp3) is 0. The van der Waals surface area contributed by atoms with Crippen molar-refractivity contribution in [3.63, 3.8) is 0 Å². The van der Waals surface area contributed by atoms with Crippen LogP contribution in [0.1, 0.15) is 0 Å². The molecule has 0 saturated carbocycles. The number of pyridine rings is 1. The van der Waals surface area contributed by atoms with Crippen molar-refractivity contribution in [1.29, 1.82) is 0 Å². The first-order chi connectivity index (χ1) is 9.22. The van der Waals surface area contributed by atoms with Gasteiger partial charge in [0, 0.05) is 21.6 Å². The lowest BCUT2D eigenvalue weighted by atomic mass is 10.2. The molecule has 0 aliphatic carbocycles. The summed E-state index contributed by atoms with van der Waals surface area (Å²) in [7, 11) is 0. The molecular formula is C15H9Cl2NO. The Morgan fingerprint density at radius 1 is 0.842 bits per heavy atom. The third kappa shape index (κ3) is 2.65. The number of rotatable bonds is 2. The molecule has 0 amide bonds. The van der Waals surface area contributed by atoms with E-state index < -0.39 is 0 Å². The summed E-state index contributed by atoms with van der Waals surface area (Å²) in [5.74, 6) is 1.47. The predicted octanol–water partition coefficient (Wildman–Crippen LogP) is 5.33. The van der Waals surface area contributed by atoms with E-state index in [0.717, 1.165) is 22.4 Å². The van der Waals surface area contributed by atoms with Crippen LogP contribution in [0.5, 0.6) is 11.5 Å². The van der Waals surface area contributed by atoms with Crippen LogP contribution in [0.15, 0.2) is 54.7 Å². The number of hydrogen-bond donors (Lipinski definition) is 0. The SMILES string of the molecule is Clc1ccc(Oc2ccnc3cc(Cl)ccc23)cc1. The van der Waals surface area contributed by atoms with E-state index in [1.807, 2.05) is 36.4 Å². The summed E-state index contributed by atoms with van der Waals surface area (Å²) in [5.41, 5.74) is 0.805. The summed E-state index contributed by atoms with van der Waals surface area (Å²) in [5, 5.41) is 2.25. The Morgan fingerprint density at radius 2 is 1.58 bits per heavy atom. The smallest absolute Gasteiger partial charge is 0.138 e. The Labute approximate surface area is 120 Å². The largest absolute Gasteiger partial charge is 0.457 e. The Kier molecular flexibility index (Phi) is 3.28. The number of fused-ring (bicyclic) bond motifs is 1. The van der Waals surface area contributed by atoms with Crippen LogP contribution in [-0.2, 0) is 0 Å².